The summed E-state index contributed by atoms with van der Waals surface area (Å²) in [5.74, 6) is -0.280. The predicted molar refractivity (Wildman–Crippen MR) is 137 cm³/mol. The maximum atomic E-state index is 12.9. The zero-order valence-electron chi connectivity index (χ0n) is 21.0. The van der Waals surface area contributed by atoms with Crippen LogP contribution in [0.4, 0.5) is 10.5 Å². The summed E-state index contributed by atoms with van der Waals surface area (Å²) in [5.41, 5.74) is 2.07. The fourth-order valence-electron chi connectivity index (χ4n) is 6.10. The van der Waals surface area contributed by atoms with Crippen LogP contribution < -0.4 is 4.90 Å². The number of piperidine rings is 1. The van der Waals surface area contributed by atoms with Crippen molar-refractivity contribution in [3.05, 3.63) is 28.8 Å². The van der Waals surface area contributed by atoms with E-state index in [1.807, 2.05) is 23.1 Å². The first-order chi connectivity index (χ1) is 17.8. The van der Waals surface area contributed by atoms with E-state index in [4.69, 9.17) is 11.6 Å². The number of benzene rings is 1. The predicted octanol–water partition coefficient (Wildman–Crippen LogP) is 2.45. The van der Waals surface area contributed by atoms with Crippen molar-refractivity contribution in [2.45, 2.75) is 51.2 Å². The van der Waals surface area contributed by atoms with Crippen LogP contribution in [0.2, 0.25) is 5.02 Å². The van der Waals surface area contributed by atoms with Crippen LogP contribution in [0.5, 0.6) is 0 Å². The van der Waals surface area contributed by atoms with Crippen molar-refractivity contribution in [2.24, 2.45) is 5.92 Å². The zero-order chi connectivity index (χ0) is 26.1. The Bertz CT molecular complexity index is 1050. The Morgan fingerprint density at radius 1 is 0.946 bits per heavy atom. The van der Waals surface area contributed by atoms with Crippen molar-refractivity contribution in [1.29, 1.82) is 0 Å². The van der Waals surface area contributed by atoms with Crippen molar-refractivity contribution >= 4 is 41.1 Å². The van der Waals surface area contributed by atoms with E-state index in [1.54, 1.807) is 0 Å². The minimum absolute atomic E-state index is 0.0670. The van der Waals surface area contributed by atoms with Gasteiger partial charge in [0.15, 0.2) is 0 Å². The number of hydrogen-bond acceptors (Lipinski definition) is 6. The van der Waals surface area contributed by atoms with E-state index in [0.717, 1.165) is 68.0 Å². The Morgan fingerprint density at radius 3 is 2.27 bits per heavy atom. The summed E-state index contributed by atoms with van der Waals surface area (Å²) in [5, 5.41) is 10.3. The lowest BCUT2D eigenvalue weighted by molar-refractivity contribution is -0.147. The SMILES string of the molecule is O=C(C1CCN(c2cc(Cl)ccc2CN2CCN(C(=O)O)C(N3C(=O)CCC3=O)C2)CC1)N1CCCC1. The molecule has 0 radical (unpaired) electrons. The molecule has 4 aliphatic heterocycles. The van der Waals surface area contributed by atoms with Crippen LogP contribution in [0, 0.1) is 5.92 Å². The van der Waals surface area contributed by atoms with Crippen LogP contribution in [0.3, 0.4) is 0 Å². The summed E-state index contributed by atoms with van der Waals surface area (Å²) < 4.78 is 0. The highest BCUT2D eigenvalue weighted by Crippen LogP contribution is 2.32. The highest BCUT2D eigenvalue weighted by Gasteiger charge is 2.42. The molecule has 1 unspecified atom stereocenters. The van der Waals surface area contributed by atoms with E-state index >= 15 is 0 Å². The van der Waals surface area contributed by atoms with Gasteiger partial charge in [-0.05, 0) is 43.4 Å². The molecule has 37 heavy (non-hydrogen) atoms. The minimum atomic E-state index is -1.13. The molecular weight excluding hydrogens is 498 g/mol. The van der Waals surface area contributed by atoms with Crippen LogP contribution in [0.1, 0.15) is 44.1 Å². The first kappa shape index (κ1) is 25.8. The molecule has 0 aromatic heterocycles. The van der Waals surface area contributed by atoms with Crippen LogP contribution in [-0.2, 0) is 20.9 Å². The normalized spacial score (nSPS) is 23.9. The van der Waals surface area contributed by atoms with Gasteiger partial charge >= 0.3 is 6.09 Å². The Kier molecular flexibility index (Phi) is 7.57. The van der Waals surface area contributed by atoms with Crippen molar-refractivity contribution in [3.63, 3.8) is 0 Å². The fourth-order valence-corrected chi connectivity index (χ4v) is 6.27. The summed E-state index contributed by atoms with van der Waals surface area (Å²) in [6.45, 7) is 4.80. The number of rotatable bonds is 5. The Morgan fingerprint density at radius 2 is 1.62 bits per heavy atom. The number of carbonyl (C=O) groups excluding carboxylic acids is 3. The van der Waals surface area contributed by atoms with E-state index in [1.165, 1.54) is 4.90 Å². The monoisotopic (exact) mass is 531 g/mol. The fraction of sp³-hybridized carbons (Fsp3) is 0.615. The van der Waals surface area contributed by atoms with E-state index in [9.17, 15) is 24.3 Å². The molecule has 0 bridgehead atoms. The van der Waals surface area contributed by atoms with Crippen molar-refractivity contribution in [1.82, 2.24) is 19.6 Å². The molecule has 4 aliphatic rings. The van der Waals surface area contributed by atoms with E-state index in [2.05, 4.69) is 9.80 Å². The molecule has 4 heterocycles. The topological polar surface area (TPSA) is 105 Å². The Balaban J connectivity index is 1.28. The Hall–Kier alpha value is -2.85. The third-order valence-electron chi connectivity index (χ3n) is 8.12. The lowest BCUT2D eigenvalue weighted by Crippen LogP contribution is -2.62. The zero-order valence-corrected chi connectivity index (χ0v) is 21.7. The van der Waals surface area contributed by atoms with Gasteiger partial charge in [-0.2, -0.15) is 0 Å². The average molecular weight is 532 g/mol. The maximum Gasteiger partial charge on any atom is 0.409 e. The van der Waals surface area contributed by atoms with Gasteiger partial charge in [-0.3, -0.25) is 29.1 Å². The molecule has 0 saturated carbocycles. The molecule has 1 aromatic carbocycles. The van der Waals surface area contributed by atoms with E-state index in [0.29, 0.717) is 18.1 Å². The van der Waals surface area contributed by atoms with E-state index in [-0.39, 0.29) is 49.6 Å². The molecule has 4 fully saturated rings. The molecule has 11 heteroatoms. The number of hydrogen-bond donors (Lipinski definition) is 1. The standard InChI is InChI=1S/C26H34ClN5O5/c27-20-4-3-19(21(15-20)29-11-7-18(8-12-29)25(35)30-9-1-2-10-30)16-28-13-14-31(26(36)37)22(17-28)32-23(33)5-6-24(32)34/h3-4,15,18,22H,1-2,5-14,16-17H2,(H,36,37). The number of carbonyl (C=O) groups is 4. The number of carboxylic acid groups (broad SMARTS) is 1. The second-order valence-electron chi connectivity index (χ2n) is 10.4. The summed E-state index contributed by atoms with van der Waals surface area (Å²) in [4.78, 5) is 58.2. The third kappa shape index (κ3) is 5.40. The largest absolute Gasteiger partial charge is 0.465 e. The number of nitrogens with zero attached hydrogens (tertiary/aromatic N) is 5. The molecule has 0 spiro atoms. The number of halogens is 1. The third-order valence-corrected chi connectivity index (χ3v) is 8.35. The molecule has 4 saturated heterocycles. The smallest absolute Gasteiger partial charge is 0.409 e. The molecule has 200 valence electrons. The number of amides is 4. The van der Waals surface area contributed by atoms with E-state index < -0.39 is 12.3 Å². The van der Waals surface area contributed by atoms with Crippen molar-refractivity contribution in [2.75, 3.05) is 50.7 Å². The van der Waals surface area contributed by atoms with Gasteiger partial charge < -0.3 is 14.9 Å². The quantitative estimate of drug-likeness (QED) is 0.582. The lowest BCUT2D eigenvalue weighted by atomic mass is 9.94. The van der Waals surface area contributed by atoms with Gasteiger partial charge in [0.2, 0.25) is 17.7 Å². The van der Waals surface area contributed by atoms with Gasteiger partial charge in [-0.25, -0.2) is 4.79 Å². The average Bonchev–Trinajstić information content (AvgIpc) is 3.54. The number of imide groups is 1. The summed E-state index contributed by atoms with van der Waals surface area (Å²) in [6.07, 6.45) is 2.10. The molecule has 0 aliphatic carbocycles. The minimum Gasteiger partial charge on any atom is -0.465 e. The van der Waals surface area contributed by atoms with Crippen LogP contribution >= 0.6 is 11.6 Å². The van der Waals surface area contributed by atoms with Gasteiger partial charge in [0, 0.05) is 81.8 Å². The highest BCUT2D eigenvalue weighted by molar-refractivity contribution is 6.30. The molecule has 10 nitrogen and oxygen atoms in total. The number of likely N-dealkylation sites (tertiary alicyclic amines) is 2. The molecular formula is C26H34ClN5O5. The molecule has 1 N–H and O–H groups in total. The summed E-state index contributed by atoms with van der Waals surface area (Å²) >= 11 is 6.38. The molecule has 4 amide bonds. The summed E-state index contributed by atoms with van der Waals surface area (Å²) in [7, 11) is 0. The number of piperazine rings is 1. The van der Waals surface area contributed by atoms with Crippen LogP contribution in [0.15, 0.2) is 18.2 Å². The van der Waals surface area contributed by atoms with Gasteiger partial charge in [0.1, 0.15) is 6.17 Å². The molecule has 1 aromatic rings. The second-order valence-corrected chi connectivity index (χ2v) is 10.9. The first-order valence-electron chi connectivity index (χ1n) is 13.2. The van der Waals surface area contributed by atoms with Crippen LogP contribution in [-0.4, -0.2) is 101 Å². The van der Waals surface area contributed by atoms with Gasteiger partial charge in [-0.15, -0.1) is 0 Å². The number of anilines is 1. The molecule has 1 atom stereocenters. The van der Waals surface area contributed by atoms with Crippen LogP contribution in [0.25, 0.3) is 0 Å². The highest BCUT2D eigenvalue weighted by atomic mass is 35.5. The van der Waals surface area contributed by atoms with Crippen molar-refractivity contribution in [3.8, 4) is 0 Å². The van der Waals surface area contributed by atoms with Gasteiger partial charge in [-0.1, -0.05) is 17.7 Å². The van der Waals surface area contributed by atoms with Gasteiger partial charge in [0.25, 0.3) is 0 Å². The van der Waals surface area contributed by atoms with Crippen molar-refractivity contribution < 1.29 is 24.3 Å². The lowest BCUT2D eigenvalue weighted by Gasteiger charge is -2.43. The summed E-state index contributed by atoms with van der Waals surface area (Å²) in [6, 6.07) is 5.80. The Labute approximate surface area is 221 Å². The van der Waals surface area contributed by atoms with Gasteiger partial charge in [0.05, 0.1) is 0 Å². The second kappa shape index (κ2) is 10.9. The first-order valence-corrected chi connectivity index (χ1v) is 13.6. The maximum absolute atomic E-state index is 12.9. The molecule has 5 rings (SSSR count).